The fraction of sp³-hybridized carbons (Fsp3) is 0.476. The Hall–Kier alpha value is -2.87. The van der Waals surface area contributed by atoms with Crippen molar-refractivity contribution >= 4 is 11.8 Å². The van der Waals surface area contributed by atoms with E-state index in [4.69, 9.17) is 9.47 Å². The van der Waals surface area contributed by atoms with Crippen LogP contribution in [0.4, 0.5) is 0 Å². The van der Waals surface area contributed by atoms with Crippen LogP contribution in [0.2, 0.25) is 0 Å². The first-order chi connectivity index (χ1) is 14.2. The normalized spacial score (nSPS) is 14.6. The molecule has 1 aliphatic heterocycles. The quantitative estimate of drug-likeness (QED) is 0.648. The third-order valence-corrected chi connectivity index (χ3v) is 4.93. The van der Waals surface area contributed by atoms with Crippen LogP contribution in [0.15, 0.2) is 43.0 Å². The third-order valence-electron chi connectivity index (χ3n) is 4.93. The molecular weight excluding hydrogens is 372 g/mol. The standard InChI is InChI=1S/C21H28N4O4/c1-28-15-20(26)25-12-7-17(8-13-25)29-19-6-3-2-5-18(19)21(27)23-9-4-11-24-14-10-22-16-24/h2-3,5-6,10,14,16-17H,4,7-9,11-13,15H2,1H3,(H,23,27). The van der Waals surface area contributed by atoms with E-state index < -0.39 is 0 Å². The lowest BCUT2D eigenvalue weighted by Crippen LogP contribution is -2.43. The average molecular weight is 400 g/mol. The van der Waals surface area contributed by atoms with Gasteiger partial charge in [-0.1, -0.05) is 12.1 Å². The molecule has 29 heavy (non-hydrogen) atoms. The molecule has 0 bridgehead atoms. The number of hydrogen-bond donors (Lipinski definition) is 1. The summed E-state index contributed by atoms with van der Waals surface area (Å²) < 4.78 is 13.0. The number of para-hydroxylation sites is 1. The van der Waals surface area contributed by atoms with Crippen LogP contribution >= 0.6 is 0 Å². The van der Waals surface area contributed by atoms with E-state index in [1.165, 1.54) is 7.11 Å². The molecule has 0 unspecified atom stereocenters. The lowest BCUT2D eigenvalue weighted by atomic mass is 10.1. The van der Waals surface area contributed by atoms with Gasteiger partial charge in [0.2, 0.25) is 5.91 Å². The zero-order valence-corrected chi connectivity index (χ0v) is 16.8. The second-order valence-electron chi connectivity index (χ2n) is 7.04. The number of rotatable bonds is 9. The van der Waals surface area contributed by atoms with Crippen LogP contribution in [0.1, 0.15) is 29.6 Å². The number of benzene rings is 1. The Balaban J connectivity index is 1.48. The minimum atomic E-state index is -0.140. The summed E-state index contributed by atoms with van der Waals surface area (Å²) in [5.74, 6) is 0.446. The largest absolute Gasteiger partial charge is 0.489 e. The molecule has 2 amide bonds. The maximum absolute atomic E-state index is 12.6. The highest BCUT2D eigenvalue weighted by Gasteiger charge is 2.25. The van der Waals surface area contributed by atoms with Crippen molar-refractivity contribution in [1.29, 1.82) is 0 Å². The van der Waals surface area contributed by atoms with Gasteiger partial charge in [-0.05, 0) is 18.6 Å². The highest BCUT2D eigenvalue weighted by atomic mass is 16.5. The molecule has 1 saturated heterocycles. The summed E-state index contributed by atoms with van der Waals surface area (Å²) in [4.78, 5) is 30.3. The van der Waals surface area contributed by atoms with Crippen molar-refractivity contribution in [3.63, 3.8) is 0 Å². The zero-order valence-electron chi connectivity index (χ0n) is 16.8. The van der Waals surface area contributed by atoms with Crippen molar-refractivity contribution in [2.24, 2.45) is 0 Å². The van der Waals surface area contributed by atoms with E-state index in [1.807, 2.05) is 29.0 Å². The molecule has 1 aliphatic rings. The molecule has 1 aromatic carbocycles. The number of nitrogens with one attached hydrogen (secondary N) is 1. The summed E-state index contributed by atoms with van der Waals surface area (Å²) in [7, 11) is 1.52. The molecule has 156 valence electrons. The Morgan fingerprint density at radius 1 is 1.24 bits per heavy atom. The van der Waals surface area contributed by atoms with Gasteiger partial charge in [-0.3, -0.25) is 9.59 Å². The molecule has 1 aromatic heterocycles. The summed E-state index contributed by atoms with van der Waals surface area (Å²) in [5, 5.41) is 2.96. The van der Waals surface area contributed by atoms with E-state index in [2.05, 4.69) is 10.3 Å². The minimum absolute atomic E-state index is 0.00132. The summed E-state index contributed by atoms with van der Waals surface area (Å²) in [6.07, 6.45) is 7.67. The first-order valence-corrected chi connectivity index (χ1v) is 9.93. The number of carbonyl (C=O) groups is 2. The van der Waals surface area contributed by atoms with Crippen LogP contribution in [0.5, 0.6) is 5.75 Å². The van der Waals surface area contributed by atoms with Crippen LogP contribution in [0, 0.1) is 0 Å². The summed E-state index contributed by atoms with van der Waals surface area (Å²) in [6.45, 7) is 2.75. The number of imidazole rings is 1. The second-order valence-corrected chi connectivity index (χ2v) is 7.04. The van der Waals surface area contributed by atoms with Crippen molar-refractivity contribution in [3.05, 3.63) is 48.5 Å². The van der Waals surface area contributed by atoms with Crippen molar-refractivity contribution in [3.8, 4) is 5.75 Å². The molecule has 0 saturated carbocycles. The number of methoxy groups -OCH3 is 1. The summed E-state index contributed by atoms with van der Waals surface area (Å²) in [5.41, 5.74) is 0.535. The highest BCUT2D eigenvalue weighted by Crippen LogP contribution is 2.23. The van der Waals surface area contributed by atoms with Crippen LogP contribution in [-0.2, 0) is 16.1 Å². The van der Waals surface area contributed by atoms with Gasteiger partial charge in [-0.25, -0.2) is 4.98 Å². The van der Waals surface area contributed by atoms with Gasteiger partial charge in [0.1, 0.15) is 18.5 Å². The predicted octanol–water partition coefficient (Wildman–Crippen LogP) is 1.72. The lowest BCUT2D eigenvalue weighted by molar-refractivity contribution is -0.136. The second kappa shape index (κ2) is 10.6. The van der Waals surface area contributed by atoms with Gasteiger partial charge in [0, 0.05) is 58.5 Å². The Morgan fingerprint density at radius 2 is 2.03 bits per heavy atom. The SMILES string of the molecule is COCC(=O)N1CCC(Oc2ccccc2C(=O)NCCCn2ccnc2)CC1. The molecule has 0 atom stereocenters. The Kier molecular flexibility index (Phi) is 7.63. The fourth-order valence-corrected chi connectivity index (χ4v) is 3.35. The number of hydrogen-bond acceptors (Lipinski definition) is 5. The molecule has 8 nitrogen and oxygen atoms in total. The van der Waals surface area contributed by atoms with E-state index in [0.717, 1.165) is 25.8 Å². The predicted molar refractivity (Wildman–Crippen MR) is 108 cm³/mol. The molecule has 8 heteroatoms. The van der Waals surface area contributed by atoms with Gasteiger partial charge in [0.15, 0.2) is 0 Å². The lowest BCUT2D eigenvalue weighted by Gasteiger charge is -2.32. The number of nitrogens with zero attached hydrogens (tertiary/aromatic N) is 3. The number of likely N-dealkylation sites (tertiary alicyclic amines) is 1. The first kappa shape index (κ1) is 20.9. The zero-order chi connectivity index (χ0) is 20.5. The fourth-order valence-electron chi connectivity index (χ4n) is 3.35. The topological polar surface area (TPSA) is 85.7 Å². The number of piperidine rings is 1. The number of amides is 2. The molecule has 2 heterocycles. The third kappa shape index (κ3) is 6.05. The van der Waals surface area contributed by atoms with Gasteiger partial charge >= 0.3 is 0 Å². The van der Waals surface area contributed by atoms with E-state index in [9.17, 15) is 9.59 Å². The molecule has 2 aromatic rings. The maximum Gasteiger partial charge on any atom is 0.255 e. The summed E-state index contributed by atoms with van der Waals surface area (Å²) >= 11 is 0. The van der Waals surface area contributed by atoms with Crippen molar-refractivity contribution in [2.75, 3.05) is 33.4 Å². The number of ether oxygens (including phenoxy) is 2. The highest BCUT2D eigenvalue weighted by molar-refractivity contribution is 5.96. The van der Waals surface area contributed by atoms with E-state index in [1.54, 1.807) is 23.5 Å². The smallest absolute Gasteiger partial charge is 0.255 e. The van der Waals surface area contributed by atoms with Crippen molar-refractivity contribution < 1.29 is 19.1 Å². The van der Waals surface area contributed by atoms with Crippen LogP contribution in [-0.4, -0.2) is 65.7 Å². The summed E-state index contributed by atoms with van der Waals surface area (Å²) in [6, 6.07) is 7.29. The minimum Gasteiger partial charge on any atom is -0.489 e. The molecule has 3 rings (SSSR count). The van der Waals surface area contributed by atoms with Gasteiger partial charge in [0.25, 0.3) is 5.91 Å². The van der Waals surface area contributed by atoms with Crippen LogP contribution in [0.3, 0.4) is 0 Å². The average Bonchev–Trinajstić information content (AvgIpc) is 3.26. The molecule has 1 fully saturated rings. The Labute approximate surface area is 170 Å². The monoisotopic (exact) mass is 400 g/mol. The van der Waals surface area contributed by atoms with E-state index >= 15 is 0 Å². The molecule has 0 radical (unpaired) electrons. The molecular formula is C21H28N4O4. The van der Waals surface area contributed by atoms with E-state index in [-0.39, 0.29) is 24.5 Å². The number of aromatic nitrogens is 2. The Bertz CT molecular complexity index is 786. The molecule has 0 spiro atoms. The van der Waals surface area contributed by atoms with Gasteiger partial charge < -0.3 is 24.3 Å². The van der Waals surface area contributed by atoms with Crippen LogP contribution < -0.4 is 10.1 Å². The van der Waals surface area contributed by atoms with Gasteiger partial charge in [0.05, 0.1) is 11.9 Å². The maximum atomic E-state index is 12.6. The molecule has 0 aliphatic carbocycles. The molecule has 1 N–H and O–H groups in total. The van der Waals surface area contributed by atoms with Crippen molar-refractivity contribution in [2.45, 2.75) is 31.9 Å². The van der Waals surface area contributed by atoms with Gasteiger partial charge in [-0.2, -0.15) is 0 Å². The number of aryl methyl sites for hydroxylation is 1. The first-order valence-electron chi connectivity index (χ1n) is 9.93. The van der Waals surface area contributed by atoms with Crippen molar-refractivity contribution in [1.82, 2.24) is 19.8 Å². The van der Waals surface area contributed by atoms with E-state index in [0.29, 0.717) is 30.9 Å². The van der Waals surface area contributed by atoms with Crippen LogP contribution in [0.25, 0.3) is 0 Å². The van der Waals surface area contributed by atoms with Gasteiger partial charge in [-0.15, -0.1) is 0 Å². The number of carbonyl (C=O) groups excluding carboxylic acids is 2. The Morgan fingerprint density at radius 3 is 2.76 bits per heavy atom.